The first-order chi connectivity index (χ1) is 7.50. The zero-order valence-corrected chi connectivity index (χ0v) is 9.49. The van der Waals surface area contributed by atoms with Crippen molar-refractivity contribution in [1.82, 2.24) is 0 Å². The summed E-state index contributed by atoms with van der Waals surface area (Å²) >= 11 is 0. The molecule has 0 radical (unpaired) electrons. The summed E-state index contributed by atoms with van der Waals surface area (Å²) in [7, 11) is 0. The molecule has 0 aliphatic carbocycles. The summed E-state index contributed by atoms with van der Waals surface area (Å²) in [4.78, 5) is 0. The minimum absolute atomic E-state index is 0.0353. The van der Waals surface area contributed by atoms with Crippen LogP contribution in [0.3, 0.4) is 0 Å². The van der Waals surface area contributed by atoms with Gasteiger partial charge in [-0.1, -0.05) is 0 Å². The largest absolute Gasteiger partial charge is 0.504 e. The Bertz CT molecular complexity index is 393. The lowest BCUT2D eigenvalue weighted by atomic mass is 9.97. The van der Waals surface area contributed by atoms with Gasteiger partial charge in [0.15, 0.2) is 11.5 Å². The van der Waals surface area contributed by atoms with Crippen molar-refractivity contribution >= 4 is 0 Å². The Hall–Kier alpha value is -1.42. The van der Waals surface area contributed by atoms with Gasteiger partial charge < -0.3 is 19.7 Å². The number of ether oxygens (including phenoxy) is 2. The molecule has 1 aliphatic heterocycles. The fourth-order valence-corrected chi connectivity index (χ4v) is 1.71. The molecule has 0 aromatic heterocycles. The Balaban J connectivity index is 2.50. The lowest BCUT2D eigenvalue weighted by Gasteiger charge is -2.21. The van der Waals surface area contributed by atoms with E-state index in [9.17, 15) is 10.2 Å². The molecule has 2 rings (SSSR count). The maximum absolute atomic E-state index is 10.0. The van der Waals surface area contributed by atoms with Crippen LogP contribution in [0.2, 0.25) is 0 Å². The summed E-state index contributed by atoms with van der Waals surface area (Å²) in [6.45, 7) is 4.32. The minimum Gasteiger partial charge on any atom is -0.504 e. The summed E-state index contributed by atoms with van der Waals surface area (Å²) in [5.41, 5.74) is -0.661. The lowest BCUT2D eigenvalue weighted by Crippen LogP contribution is -2.16. The fourth-order valence-electron chi connectivity index (χ4n) is 1.71. The molecule has 1 aromatic carbocycles. The number of aromatic hydroxyl groups is 1. The van der Waals surface area contributed by atoms with Crippen LogP contribution in [0.5, 0.6) is 17.2 Å². The second kappa shape index (κ2) is 3.87. The number of phenols is 1. The molecule has 4 heteroatoms. The first-order valence-electron chi connectivity index (χ1n) is 5.34. The van der Waals surface area contributed by atoms with E-state index in [1.165, 1.54) is 0 Å². The van der Waals surface area contributed by atoms with Gasteiger partial charge in [-0.15, -0.1) is 0 Å². The van der Waals surface area contributed by atoms with Crippen LogP contribution >= 0.6 is 0 Å². The molecular formula is C12H16O4. The van der Waals surface area contributed by atoms with Crippen molar-refractivity contribution in [2.45, 2.75) is 25.9 Å². The van der Waals surface area contributed by atoms with E-state index in [4.69, 9.17) is 9.47 Å². The highest BCUT2D eigenvalue weighted by Crippen LogP contribution is 2.43. The van der Waals surface area contributed by atoms with Crippen molar-refractivity contribution in [3.8, 4) is 17.2 Å². The highest BCUT2D eigenvalue weighted by atomic mass is 16.5. The Morgan fingerprint density at radius 1 is 1.19 bits per heavy atom. The number of phenolic OH excluding ortho intramolecular Hbond substituents is 1. The Kier molecular flexibility index (Phi) is 2.68. The first-order valence-corrected chi connectivity index (χ1v) is 5.34. The number of fused-ring (bicyclic) bond motifs is 1. The van der Waals surface area contributed by atoms with Crippen LogP contribution in [-0.4, -0.2) is 23.4 Å². The van der Waals surface area contributed by atoms with Crippen LogP contribution in [0.25, 0.3) is 0 Å². The quantitative estimate of drug-likeness (QED) is 0.763. The van der Waals surface area contributed by atoms with Crippen LogP contribution in [0.1, 0.15) is 25.8 Å². The van der Waals surface area contributed by atoms with Crippen LogP contribution in [0, 0.1) is 0 Å². The van der Waals surface area contributed by atoms with Gasteiger partial charge >= 0.3 is 0 Å². The summed E-state index contributed by atoms with van der Waals surface area (Å²) in [5.74, 6) is 0.826. The highest BCUT2D eigenvalue weighted by molar-refractivity contribution is 5.56. The van der Waals surface area contributed by atoms with E-state index in [2.05, 4.69) is 0 Å². The summed E-state index contributed by atoms with van der Waals surface area (Å²) in [6, 6.07) is 3.37. The average molecular weight is 224 g/mol. The second-order valence-electron chi connectivity index (χ2n) is 4.40. The molecule has 1 aliphatic rings. The van der Waals surface area contributed by atoms with Crippen molar-refractivity contribution in [3.63, 3.8) is 0 Å². The average Bonchev–Trinajstić information content (AvgIpc) is 2.41. The third-order valence-electron chi connectivity index (χ3n) is 2.55. The molecule has 0 amide bonds. The number of hydrogen-bond donors (Lipinski definition) is 2. The van der Waals surface area contributed by atoms with Gasteiger partial charge in [0.25, 0.3) is 0 Å². The molecule has 0 saturated heterocycles. The summed E-state index contributed by atoms with van der Waals surface area (Å²) in [5, 5.41) is 19.9. The van der Waals surface area contributed by atoms with Gasteiger partial charge in [0, 0.05) is 12.0 Å². The third-order valence-corrected chi connectivity index (χ3v) is 2.55. The zero-order valence-electron chi connectivity index (χ0n) is 9.49. The van der Waals surface area contributed by atoms with Crippen molar-refractivity contribution in [2.24, 2.45) is 0 Å². The Morgan fingerprint density at radius 2 is 1.88 bits per heavy atom. The van der Waals surface area contributed by atoms with E-state index < -0.39 is 5.60 Å². The smallest absolute Gasteiger partial charge is 0.203 e. The molecule has 0 fully saturated rings. The monoisotopic (exact) mass is 224 g/mol. The predicted octanol–water partition coefficient (Wildman–Crippen LogP) is 1.78. The zero-order chi connectivity index (χ0) is 11.8. The van der Waals surface area contributed by atoms with Crippen molar-refractivity contribution in [2.75, 3.05) is 13.2 Å². The van der Waals surface area contributed by atoms with Gasteiger partial charge in [0.2, 0.25) is 5.75 Å². The molecule has 0 unspecified atom stereocenters. The van der Waals surface area contributed by atoms with Gasteiger partial charge in [0.1, 0.15) is 0 Å². The van der Waals surface area contributed by atoms with Gasteiger partial charge in [-0.2, -0.15) is 0 Å². The maximum Gasteiger partial charge on any atom is 0.203 e. The Labute approximate surface area is 94.4 Å². The van der Waals surface area contributed by atoms with Crippen molar-refractivity contribution in [1.29, 1.82) is 0 Å². The standard InChI is InChI=1S/C12H16O4/c1-12(2,14)8-4-5-9-11(10(8)13)16-7-3-6-15-9/h4-5,13-14H,3,6-7H2,1-2H3. The van der Waals surface area contributed by atoms with Crippen LogP contribution < -0.4 is 9.47 Å². The highest BCUT2D eigenvalue weighted by Gasteiger charge is 2.25. The predicted molar refractivity (Wildman–Crippen MR) is 59.0 cm³/mol. The molecule has 1 heterocycles. The van der Waals surface area contributed by atoms with E-state index in [0.29, 0.717) is 30.3 Å². The van der Waals surface area contributed by atoms with Crippen LogP contribution in [0.4, 0.5) is 0 Å². The number of aliphatic hydroxyl groups is 1. The van der Waals surface area contributed by atoms with E-state index in [1.54, 1.807) is 26.0 Å². The van der Waals surface area contributed by atoms with E-state index in [0.717, 1.165) is 6.42 Å². The molecule has 88 valence electrons. The maximum atomic E-state index is 10.0. The molecule has 2 N–H and O–H groups in total. The summed E-state index contributed by atoms with van der Waals surface area (Å²) < 4.78 is 10.9. The van der Waals surface area contributed by atoms with Gasteiger partial charge in [0.05, 0.1) is 18.8 Å². The van der Waals surface area contributed by atoms with Crippen LogP contribution in [-0.2, 0) is 5.60 Å². The summed E-state index contributed by atoms with van der Waals surface area (Å²) in [6.07, 6.45) is 0.784. The minimum atomic E-state index is -1.10. The molecule has 4 nitrogen and oxygen atoms in total. The molecule has 16 heavy (non-hydrogen) atoms. The molecule has 0 bridgehead atoms. The van der Waals surface area contributed by atoms with Gasteiger partial charge in [-0.05, 0) is 26.0 Å². The van der Waals surface area contributed by atoms with Gasteiger partial charge in [-0.25, -0.2) is 0 Å². The number of rotatable bonds is 1. The Morgan fingerprint density at radius 3 is 2.56 bits per heavy atom. The van der Waals surface area contributed by atoms with E-state index in [-0.39, 0.29) is 5.75 Å². The lowest BCUT2D eigenvalue weighted by molar-refractivity contribution is 0.0751. The number of hydrogen-bond acceptors (Lipinski definition) is 4. The molecular weight excluding hydrogens is 208 g/mol. The van der Waals surface area contributed by atoms with E-state index in [1.807, 2.05) is 0 Å². The molecule has 1 aromatic rings. The third kappa shape index (κ3) is 1.93. The molecule has 0 saturated carbocycles. The van der Waals surface area contributed by atoms with Crippen molar-refractivity contribution in [3.05, 3.63) is 17.7 Å². The van der Waals surface area contributed by atoms with Crippen molar-refractivity contribution < 1.29 is 19.7 Å². The molecule has 0 atom stereocenters. The topological polar surface area (TPSA) is 58.9 Å². The second-order valence-corrected chi connectivity index (χ2v) is 4.40. The molecule has 0 spiro atoms. The normalized spacial score (nSPS) is 15.7. The first kappa shape index (κ1) is 11.1. The van der Waals surface area contributed by atoms with Gasteiger partial charge in [-0.3, -0.25) is 0 Å². The SMILES string of the molecule is CC(C)(O)c1ccc2c(c1O)OCCCO2. The number of benzene rings is 1. The van der Waals surface area contributed by atoms with E-state index >= 15 is 0 Å². The van der Waals surface area contributed by atoms with Crippen LogP contribution in [0.15, 0.2) is 12.1 Å². The fraction of sp³-hybridized carbons (Fsp3) is 0.500.